The summed E-state index contributed by atoms with van der Waals surface area (Å²) < 4.78 is 13.2. The fourth-order valence-corrected chi connectivity index (χ4v) is 4.08. The Bertz CT molecular complexity index is 1180. The Morgan fingerprint density at radius 1 is 1.17 bits per heavy atom. The molecule has 2 aromatic carbocycles. The molecule has 0 fully saturated rings. The molecule has 8 nitrogen and oxygen atoms in total. The van der Waals surface area contributed by atoms with Crippen LogP contribution in [0.1, 0.15) is 35.0 Å². The van der Waals surface area contributed by atoms with Crippen LogP contribution in [0, 0.1) is 0 Å². The average Bonchev–Trinajstić information content (AvgIpc) is 3.14. The summed E-state index contributed by atoms with van der Waals surface area (Å²) in [6.07, 6.45) is 1.74. The van der Waals surface area contributed by atoms with Gasteiger partial charge in [-0.1, -0.05) is 13.0 Å². The molecule has 1 aliphatic carbocycles. The van der Waals surface area contributed by atoms with E-state index in [1.807, 2.05) is 18.2 Å². The summed E-state index contributed by atoms with van der Waals surface area (Å²) in [7, 11) is -1.59. The molecule has 0 saturated carbocycles. The van der Waals surface area contributed by atoms with Gasteiger partial charge in [-0.25, -0.2) is 14.0 Å². The lowest BCUT2D eigenvalue weighted by Gasteiger charge is -2.20. The molecule has 0 aliphatic heterocycles. The van der Waals surface area contributed by atoms with E-state index in [2.05, 4.69) is 10.4 Å². The number of nitrogens with one attached hydrogen (secondary N) is 1. The fourth-order valence-electron chi connectivity index (χ4n) is 3.67. The molecule has 3 aromatic rings. The van der Waals surface area contributed by atoms with E-state index in [-0.39, 0.29) is 11.6 Å². The van der Waals surface area contributed by atoms with E-state index in [0.717, 1.165) is 28.8 Å². The highest BCUT2D eigenvalue weighted by Crippen LogP contribution is 2.38. The van der Waals surface area contributed by atoms with Gasteiger partial charge in [0.05, 0.1) is 16.3 Å². The van der Waals surface area contributed by atoms with Gasteiger partial charge in [-0.2, -0.15) is 5.10 Å². The van der Waals surface area contributed by atoms with Crippen LogP contribution in [0.15, 0.2) is 47.4 Å². The highest BCUT2D eigenvalue weighted by atomic mass is 32.2. The van der Waals surface area contributed by atoms with Crippen LogP contribution in [0.3, 0.4) is 0 Å². The van der Waals surface area contributed by atoms with Gasteiger partial charge in [0.15, 0.2) is 5.69 Å². The summed E-state index contributed by atoms with van der Waals surface area (Å²) in [6.45, 7) is 1.79. The number of carbonyl (C=O) groups excluding carboxylic acids is 2. The zero-order chi connectivity index (χ0) is 21.4. The molecule has 0 saturated heterocycles. The lowest BCUT2D eigenvalue weighted by Crippen LogP contribution is -2.15. The average molecular weight is 423 g/mol. The lowest BCUT2D eigenvalue weighted by atomic mass is 9.88. The van der Waals surface area contributed by atoms with E-state index in [4.69, 9.17) is 10.9 Å². The molecular formula is C21H21N5O3S. The van der Waals surface area contributed by atoms with Gasteiger partial charge in [0.1, 0.15) is 11.0 Å². The number of nitrogens with two attached hydrogens (primary N) is 2. The predicted molar refractivity (Wildman–Crippen MR) is 114 cm³/mol. The van der Waals surface area contributed by atoms with Crippen LogP contribution in [0.25, 0.3) is 16.9 Å². The maximum atomic E-state index is 12.1. The van der Waals surface area contributed by atoms with Crippen molar-refractivity contribution in [2.45, 2.75) is 31.1 Å². The second-order valence-electron chi connectivity index (χ2n) is 7.02. The first kappa shape index (κ1) is 20.0. The van der Waals surface area contributed by atoms with Crippen molar-refractivity contribution in [3.8, 4) is 16.9 Å². The number of nitrogens with zero attached hydrogens (tertiary/aromatic N) is 2. The molecule has 5 N–H and O–H groups in total. The fraction of sp³-hybridized carbons (Fsp3) is 0.190. The van der Waals surface area contributed by atoms with Gasteiger partial charge in [0.25, 0.3) is 5.91 Å². The zero-order valence-electron chi connectivity index (χ0n) is 16.3. The van der Waals surface area contributed by atoms with Crippen molar-refractivity contribution >= 4 is 28.5 Å². The van der Waals surface area contributed by atoms with Crippen LogP contribution in [-0.4, -0.2) is 25.8 Å². The molecule has 0 bridgehead atoms. The highest BCUT2D eigenvalue weighted by Gasteiger charge is 2.28. The van der Waals surface area contributed by atoms with Crippen molar-refractivity contribution in [2.75, 3.05) is 5.32 Å². The third-order valence-electron chi connectivity index (χ3n) is 5.14. The number of hydrogen-bond donors (Lipinski definition) is 3. The van der Waals surface area contributed by atoms with Crippen LogP contribution in [0.5, 0.6) is 0 Å². The molecule has 1 heterocycles. The number of fused-ring (bicyclic) bond motifs is 3. The Morgan fingerprint density at radius 2 is 1.90 bits per heavy atom. The van der Waals surface area contributed by atoms with Crippen LogP contribution in [0.2, 0.25) is 0 Å². The van der Waals surface area contributed by atoms with E-state index in [9.17, 15) is 13.8 Å². The molecule has 1 aromatic heterocycles. The summed E-state index contributed by atoms with van der Waals surface area (Å²) in [6, 6.07) is 12.6. The van der Waals surface area contributed by atoms with E-state index in [1.165, 1.54) is 0 Å². The number of aryl methyl sites for hydroxylation is 1. The minimum absolute atomic E-state index is 0.0808. The van der Waals surface area contributed by atoms with Gasteiger partial charge in [0.2, 0.25) is 5.91 Å². The van der Waals surface area contributed by atoms with E-state index < -0.39 is 16.9 Å². The minimum Gasteiger partial charge on any atom is -0.364 e. The first-order chi connectivity index (χ1) is 14.4. The Labute approximate surface area is 175 Å². The van der Waals surface area contributed by atoms with Crippen molar-refractivity contribution in [1.82, 2.24) is 9.78 Å². The molecule has 1 aliphatic rings. The SMILES string of the molecule is CCC(=O)Nc1ccc2c(c1)-c1c(c(C(N)=O)nn1-c1ccc(S(N)=O)cc1)CC2. The summed E-state index contributed by atoms with van der Waals surface area (Å²) >= 11 is 0. The van der Waals surface area contributed by atoms with E-state index >= 15 is 0 Å². The van der Waals surface area contributed by atoms with Crippen molar-refractivity contribution in [3.05, 3.63) is 59.3 Å². The molecule has 2 amide bonds. The molecule has 4 rings (SSSR count). The van der Waals surface area contributed by atoms with Gasteiger partial charge < -0.3 is 11.1 Å². The van der Waals surface area contributed by atoms with Crippen molar-refractivity contribution < 1.29 is 13.8 Å². The molecule has 9 heteroatoms. The third-order valence-corrected chi connectivity index (χ3v) is 5.88. The van der Waals surface area contributed by atoms with Crippen molar-refractivity contribution in [1.29, 1.82) is 0 Å². The predicted octanol–water partition coefficient (Wildman–Crippen LogP) is 2.07. The van der Waals surface area contributed by atoms with Crippen LogP contribution >= 0.6 is 0 Å². The number of primary amides is 1. The second-order valence-corrected chi connectivity index (χ2v) is 8.08. The number of rotatable bonds is 5. The molecular weight excluding hydrogens is 402 g/mol. The Hall–Kier alpha value is -3.30. The summed E-state index contributed by atoms with van der Waals surface area (Å²) in [5.41, 5.74) is 10.7. The van der Waals surface area contributed by atoms with Crippen LogP contribution in [-0.2, 0) is 28.6 Å². The molecule has 30 heavy (non-hydrogen) atoms. The smallest absolute Gasteiger partial charge is 0.269 e. The van der Waals surface area contributed by atoms with Crippen molar-refractivity contribution in [2.24, 2.45) is 10.9 Å². The second kappa shape index (κ2) is 7.85. The Morgan fingerprint density at radius 3 is 2.53 bits per heavy atom. The number of amides is 2. The van der Waals surface area contributed by atoms with Gasteiger partial charge in [0, 0.05) is 23.2 Å². The van der Waals surface area contributed by atoms with Gasteiger partial charge in [-0.15, -0.1) is 0 Å². The number of anilines is 1. The quantitative estimate of drug-likeness (QED) is 0.579. The molecule has 154 valence electrons. The monoisotopic (exact) mass is 423 g/mol. The molecule has 1 unspecified atom stereocenters. The third kappa shape index (κ3) is 3.53. The first-order valence-corrected chi connectivity index (χ1v) is 10.7. The largest absolute Gasteiger partial charge is 0.364 e. The summed E-state index contributed by atoms with van der Waals surface area (Å²) in [5, 5.41) is 12.8. The number of carbonyl (C=O) groups is 2. The minimum atomic E-state index is -1.59. The van der Waals surface area contributed by atoms with Crippen LogP contribution < -0.4 is 16.2 Å². The van der Waals surface area contributed by atoms with E-state index in [0.29, 0.717) is 29.1 Å². The standard InChI is InChI=1S/C21H21N5O3S/c1-2-18(27)24-13-5-3-12-4-10-16-19(21(22)28)25-26(20(16)17(12)11-13)14-6-8-15(9-7-14)30(23)29/h3,5-9,11H,2,4,10,23H2,1H3,(H2,22,28)(H,24,27). The van der Waals surface area contributed by atoms with Gasteiger partial charge in [-0.05, 0) is 54.8 Å². The maximum Gasteiger partial charge on any atom is 0.269 e. The molecule has 1 atom stereocenters. The number of aromatic nitrogens is 2. The zero-order valence-corrected chi connectivity index (χ0v) is 17.2. The summed E-state index contributed by atoms with van der Waals surface area (Å²) in [5.74, 6) is -0.675. The Kier molecular flexibility index (Phi) is 5.23. The normalized spacial score (nSPS) is 13.3. The summed E-state index contributed by atoms with van der Waals surface area (Å²) in [4.78, 5) is 24.4. The lowest BCUT2D eigenvalue weighted by molar-refractivity contribution is -0.115. The van der Waals surface area contributed by atoms with Gasteiger partial charge >= 0.3 is 0 Å². The maximum absolute atomic E-state index is 12.1. The number of benzene rings is 2. The first-order valence-electron chi connectivity index (χ1n) is 9.50. The van der Waals surface area contributed by atoms with Crippen molar-refractivity contribution in [3.63, 3.8) is 0 Å². The van der Waals surface area contributed by atoms with Gasteiger partial charge in [-0.3, -0.25) is 9.59 Å². The Balaban J connectivity index is 1.89. The number of hydrogen-bond acceptors (Lipinski definition) is 4. The van der Waals surface area contributed by atoms with E-state index in [1.54, 1.807) is 35.9 Å². The van der Waals surface area contributed by atoms with Crippen LogP contribution in [0.4, 0.5) is 5.69 Å². The molecule has 0 spiro atoms. The highest BCUT2D eigenvalue weighted by molar-refractivity contribution is 7.82. The molecule has 0 radical (unpaired) electrons. The topological polar surface area (TPSA) is 133 Å².